The molecule has 1 amide bonds. The number of carbonyl (C=O) groups excluding carboxylic acids is 1. The van der Waals surface area contributed by atoms with Gasteiger partial charge in [-0.1, -0.05) is 12.6 Å². The fraction of sp³-hybridized carbons (Fsp3) is 0. The molecule has 0 rings (SSSR count). The number of hydrogen-bond acceptors (Lipinski definition) is 1. The van der Waals surface area contributed by atoms with Crippen LogP contribution in [0.3, 0.4) is 0 Å². The van der Waals surface area contributed by atoms with Crippen LogP contribution in [0.5, 0.6) is 0 Å². The Morgan fingerprint density at radius 1 is 1.80 bits per heavy atom. The Morgan fingerprint density at radius 3 is 1.80 bits per heavy atom. The molecule has 1 radical (unpaired) electrons. The molecule has 29 valence electrons. The van der Waals surface area contributed by atoms with Gasteiger partial charge in [-0.3, -0.25) is 4.79 Å². The SMILES string of the molecule is NC(=O)S.[Ta]. The smallest absolute Gasteiger partial charge is 0.273 e. The van der Waals surface area contributed by atoms with Gasteiger partial charge in [-0.2, -0.15) is 0 Å². The van der Waals surface area contributed by atoms with Crippen molar-refractivity contribution in [1.82, 2.24) is 0 Å². The second-order valence-electron chi connectivity index (χ2n) is 0.338. The van der Waals surface area contributed by atoms with Crippen LogP contribution >= 0.6 is 12.6 Å². The largest absolute Gasteiger partial charge is 0.361 e. The molecule has 0 aromatic carbocycles. The molecule has 0 fully saturated rings. The quantitative estimate of drug-likeness (QED) is 0.590. The summed E-state index contributed by atoms with van der Waals surface area (Å²) in [4.78, 5) is 9.09. The van der Waals surface area contributed by atoms with E-state index in [2.05, 4.69) is 18.4 Å². The van der Waals surface area contributed by atoms with Gasteiger partial charge in [0.2, 0.25) is 0 Å². The van der Waals surface area contributed by atoms with E-state index in [1.165, 1.54) is 0 Å². The zero-order valence-electron chi connectivity index (χ0n) is 2.38. The number of amides is 1. The first kappa shape index (κ1) is 9.12. The summed E-state index contributed by atoms with van der Waals surface area (Å²) < 4.78 is 0. The van der Waals surface area contributed by atoms with E-state index in [1.54, 1.807) is 0 Å². The summed E-state index contributed by atoms with van der Waals surface area (Å²) in [7, 11) is 0. The molecular formula is CH3NOSTa. The van der Waals surface area contributed by atoms with Gasteiger partial charge in [0.05, 0.1) is 0 Å². The fourth-order valence-electron chi connectivity index (χ4n) is 0. The molecule has 5 heavy (non-hydrogen) atoms. The van der Waals surface area contributed by atoms with E-state index in [0.29, 0.717) is 0 Å². The first-order valence-corrected chi connectivity index (χ1v) is 1.16. The Labute approximate surface area is 51.0 Å². The Balaban J connectivity index is 0. The Kier molecular flexibility index (Phi) is 8.32. The van der Waals surface area contributed by atoms with Crippen molar-refractivity contribution >= 4 is 17.9 Å². The predicted molar refractivity (Wildman–Crippen MR) is 18.6 cm³/mol. The van der Waals surface area contributed by atoms with Crippen molar-refractivity contribution in [3.8, 4) is 0 Å². The molecule has 0 atom stereocenters. The fourth-order valence-corrected chi connectivity index (χ4v) is 0. The van der Waals surface area contributed by atoms with E-state index in [9.17, 15) is 0 Å². The van der Waals surface area contributed by atoms with Gasteiger partial charge in [0.15, 0.2) is 0 Å². The minimum Gasteiger partial charge on any atom is -0.361 e. The van der Waals surface area contributed by atoms with Gasteiger partial charge in [-0.05, 0) is 0 Å². The summed E-state index contributed by atoms with van der Waals surface area (Å²) in [6, 6.07) is 0. The molecule has 0 unspecified atom stereocenters. The van der Waals surface area contributed by atoms with Crippen LogP contribution in [0.4, 0.5) is 4.79 Å². The number of thiol groups is 1. The van der Waals surface area contributed by atoms with Gasteiger partial charge in [0, 0.05) is 22.4 Å². The van der Waals surface area contributed by atoms with Crippen LogP contribution in [0.15, 0.2) is 0 Å². The molecule has 0 aromatic rings. The number of hydrogen-bond donors (Lipinski definition) is 2. The molecule has 0 aliphatic carbocycles. The molecule has 0 aliphatic rings. The Bertz CT molecular complexity index is 34.6. The molecule has 0 heterocycles. The number of primary amides is 1. The third-order valence-corrected chi connectivity index (χ3v) is 0. The normalized spacial score (nSPS) is 5.00. The molecule has 0 aliphatic heterocycles. The van der Waals surface area contributed by atoms with Crippen LogP contribution < -0.4 is 5.73 Å². The average molecular weight is 258 g/mol. The van der Waals surface area contributed by atoms with Crippen molar-refractivity contribution in [2.45, 2.75) is 0 Å². The summed E-state index contributed by atoms with van der Waals surface area (Å²) in [5.41, 5.74) is 4.34. The monoisotopic (exact) mass is 258 g/mol. The van der Waals surface area contributed by atoms with Crippen molar-refractivity contribution in [3.05, 3.63) is 0 Å². The predicted octanol–water partition coefficient (Wildman–Crippen LogP) is -0.00760. The van der Waals surface area contributed by atoms with Gasteiger partial charge >= 0.3 is 0 Å². The maximum Gasteiger partial charge on any atom is 0.273 e. The molecule has 2 N–H and O–H groups in total. The first-order valence-electron chi connectivity index (χ1n) is 0.716. The van der Waals surface area contributed by atoms with E-state index in [1.807, 2.05) is 0 Å². The summed E-state index contributed by atoms with van der Waals surface area (Å²) >= 11 is 3.10. The summed E-state index contributed by atoms with van der Waals surface area (Å²) in [6.07, 6.45) is 0. The molecule has 0 saturated heterocycles. The van der Waals surface area contributed by atoms with Gasteiger partial charge in [-0.15, -0.1) is 0 Å². The average Bonchev–Trinajstić information content (AvgIpc) is 0.811. The maximum absolute atomic E-state index is 9.09. The standard InChI is InChI=1S/CH3NOS.Ta/c2-1(3)4;/h(H3,2,3,4);. The summed E-state index contributed by atoms with van der Waals surface area (Å²) in [5, 5.41) is -0.639. The topological polar surface area (TPSA) is 43.1 Å². The van der Waals surface area contributed by atoms with Crippen molar-refractivity contribution in [1.29, 1.82) is 0 Å². The van der Waals surface area contributed by atoms with Crippen LogP contribution in [0.25, 0.3) is 0 Å². The van der Waals surface area contributed by atoms with Crippen LogP contribution in [-0.2, 0) is 22.4 Å². The maximum atomic E-state index is 9.09. The number of nitrogens with two attached hydrogens (primary N) is 1. The third kappa shape index (κ3) is 95.2. The van der Waals surface area contributed by atoms with Crippen molar-refractivity contribution in [2.24, 2.45) is 5.73 Å². The van der Waals surface area contributed by atoms with Gasteiger partial charge < -0.3 is 5.73 Å². The Hall–Kier alpha value is 0.560. The summed E-state index contributed by atoms with van der Waals surface area (Å²) in [6.45, 7) is 0. The molecule has 0 spiro atoms. The van der Waals surface area contributed by atoms with E-state index < -0.39 is 5.24 Å². The van der Waals surface area contributed by atoms with Gasteiger partial charge in [-0.25, -0.2) is 0 Å². The van der Waals surface area contributed by atoms with E-state index in [4.69, 9.17) is 4.79 Å². The van der Waals surface area contributed by atoms with Crippen LogP contribution in [0.2, 0.25) is 0 Å². The molecule has 2 nitrogen and oxygen atoms in total. The van der Waals surface area contributed by atoms with Crippen LogP contribution in [0, 0.1) is 0 Å². The Morgan fingerprint density at radius 2 is 1.80 bits per heavy atom. The second-order valence-corrected chi connectivity index (χ2v) is 0.779. The molecular weight excluding hydrogens is 255 g/mol. The van der Waals surface area contributed by atoms with Crippen LogP contribution in [0.1, 0.15) is 0 Å². The summed E-state index contributed by atoms with van der Waals surface area (Å²) in [5.74, 6) is 0. The van der Waals surface area contributed by atoms with Crippen molar-refractivity contribution in [3.63, 3.8) is 0 Å². The van der Waals surface area contributed by atoms with Gasteiger partial charge in [0.1, 0.15) is 0 Å². The van der Waals surface area contributed by atoms with E-state index in [0.717, 1.165) is 0 Å². The molecule has 4 heteroatoms. The number of rotatable bonds is 0. The van der Waals surface area contributed by atoms with Gasteiger partial charge in [0.25, 0.3) is 5.24 Å². The first-order chi connectivity index (χ1) is 1.73. The molecule has 0 saturated carbocycles. The van der Waals surface area contributed by atoms with E-state index >= 15 is 0 Å². The molecule has 0 aromatic heterocycles. The van der Waals surface area contributed by atoms with Crippen molar-refractivity contribution in [2.75, 3.05) is 0 Å². The number of carbonyl (C=O) groups is 1. The minimum atomic E-state index is -0.639. The second kappa shape index (κ2) is 4.56. The van der Waals surface area contributed by atoms with E-state index in [-0.39, 0.29) is 22.4 Å². The minimum absolute atomic E-state index is 0. The van der Waals surface area contributed by atoms with Crippen molar-refractivity contribution < 1.29 is 27.2 Å². The zero-order valence-corrected chi connectivity index (χ0v) is 6.49. The van der Waals surface area contributed by atoms with Crippen LogP contribution in [-0.4, -0.2) is 5.24 Å². The third-order valence-electron chi connectivity index (χ3n) is 0. The zero-order chi connectivity index (χ0) is 3.58. The molecule has 0 bridgehead atoms.